The second-order valence-corrected chi connectivity index (χ2v) is 6.58. The molecule has 0 aliphatic carbocycles. The molecular weight excluding hydrogens is 404 g/mol. The standard InChI is InChI=1S/C24H18N2O4.C2H6/c1-29-23(27)18-7-3-5-16(13-18)20-11-9-15-10-12-21(26-22(15)25-20)17-6-4-8-19(14-17)24(28)30-2;1-2/h3-14H,1-2H3;1-2H3. The first-order chi connectivity index (χ1) is 15.6. The van der Waals surface area contributed by atoms with Gasteiger partial charge < -0.3 is 9.47 Å². The molecule has 4 aromatic rings. The number of ether oxygens (including phenoxy) is 2. The van der Waals surface area contributed by atoms with Gasteiger partial charge in [-0.3, -0.25) is 0 Å². The smallest absolute Gasteiger partial charge is 0.337 e. The molecule has 0 radical (unpaired) electrons. The summed E-state index contributed by atoms with van der Waals surface area (Å²) in [7, 11) is 2.70. The molecule has 0 atom stereocenters. The van der Waals surface area contributed by atoms with Crippen molar-refractivity contribution in [2.45, 2.75) is 13.8 Å². The molecule has 0 saturated carbocycles. The fourth-order valence-corrected chi connectivity index (χ4v) is 3.17. The number of esters is 2. The third-order valence-electron chi connectivity index (χ3n) is 4.71. The lowest BCUT2D eigenvalue weighted by Gasteiger charge is -2.07. The van der Waals surface area contributed by atoms with Gasteiger partial charge in [0.15, 0.2) is 5.65 Å². The van der Waals surface area contributed by atoms with Gasteiger partial charge in [-0.05, 0) is 48.5 Å². The van der Waals surface area contributed by atoms with E-state index in [4.69, 9.17) is 9.47 Å². The molecule has 6 heteroatoms. The van der Waals surface area contributed by atoms with Crippen LogP contribution in [0.2, 0.25) is 0 Å². The van der Waals surface area contributed by atoms with Crippen LogP contribution in [-0.4, -0.2) is 36.1 Å². The average molecular weight is 428 g/mol. The van der Waals surface area contributed by atoms with E-state index in [1.165, 1.54) is 14.2 Å². The summed E-state index contributed by atoms with van der Waals surface area (Å²) in [4.78, 5) is 33.0. The Labute approximate surface area is 186 Å². The molecule has 0 aliphatic heterocycles. The Bertz CT molecular complexity index is 1170. The highest BCUT2D eigenvalue weighted by Gasteiger charge is 2.11. The predicted molar refractivity (Wildman–Crippen MR) is 124 cm³/mol. The van der Waals surface area contributed by atoms with Crippen molar-refractivity contribution in [3.8, 4) is 22.5 Å². The van der Waals surface area contributed by atoms with E-state index in [0.29, 0.717) is 28.2 Å². The SMILES string of the molecule is CC.COC(=O)c1cccc(-c2ccc3ccc(-c4cccc(C(=O)OC)c4)nc3n2)c1. The molecular formula is C26H24N2O4. The molecule has 162 valence electrons. The lowest BCUT2D eigenvalue weighted by Crippen LogP contribution is -2.01. The molecule has 6 nitrogen and oxygen atoms in total. The van der Waals surface area contributed by atoms with Crippen molar-refractivity contribution < 1.29 is 19.1 Å². The summed E-state index contributed by atoms with van der Waals surface area (Å²) in [6.45, 7) is 4.00. The van der Waals surface area contributed by atoms with Crippen LogP contribution in [0.4, 0.5) is 0 Å². The van der Waals surface area contributed by atoms with Crippen LogP contribution < -0.4 is 0 Å². The second kappa shape index (κ2) is 10.3. The highest BCUT2D eigenvalue weighted by Crippen LogP contribution is 2.25. The van der Waals surface area contributed by atoms with Gasteiger partial charge in [-0.2, -0.15) is 0 Å². The van der Waals surface area contributed by atoms with E-state index in [0.717, 1.165) is 16.5 Å². The number of fused-ring (bicyclic) bond motifs is 1. The molecule has 0 aliphatic rings. The van der Waals surface area contributed by atoms with Crippen LogP contribution in [0.15, 0.2) is 72.8 Å². The number of carbonyl (C=O) groups is 2. The van der Waals surface area contributed by atoms with E-state index < -0.39 is 11.9 Å². The van der Waals surface area contributed by atoms with Crippen molar-refractivity contribution in [2.75, 3.05) is 14.2 Å². The van der Waals surface area contributed by atoms with Gasteiger partial charge in [-0.15, -0.1) is 0 Å². The number of nitrogens with zero attached hydrogens (tertiary/aromatic N) is 2. The largest absolute Gasteiger partial charge is 0.465 e. The van der Waals surface area contributed by atoms with E-state index >= 15 is 0 Å². The molecule has 0 unspecified atom stereocenters. The quantitative estimate of drug-likeness (QED) is 0.396. The van der Waals surface area contributed by atoms with Crippen LogP contribution >= 0.6 is 0 Å². The molecule has 32 heavy (non-hydrogen) atoms. The fourth-order valence-electron chi connectivity index (χ4n) is 3.17. The Morgan fingerprint density at radius 2 is 1.09 bits per heavy atom. The number of rotatable bonds is 4. The van der Waals surface area contributed by atoms with Gasteiger partial charge >= 0.3 is 11.9 Å². The third kappa shape index (κ3) is 4.81. The second-order valence-electron chi connectivity index (χ2n) is 6.58. The van der Waals surface area contributed by atoms with Crippen LogP contribution in [0.5, 0.6) is 0 Å². The average Bonchev–Trinajstić information content (AvgIpc) is 2.88. The molecule has 0 fully saturated rings. The maximum atomic E-state index is 11.8. The summed E-state index contributed by atoms with van der Waals surface area (Å²) in [6.07, 6.45) is 0. The van der Waals surface area contributed by atoms with Crippen molar-refractivity contribution in [3.05, 3.63) is 83.9 Å². The van der Waals surface area contributed by atoms with Gasteiger partial charge in [0.1, 0.15) is 0 Å². The maximum Gasteiger partial charge on any atom is 0.337 e. The zero-order chi connectivity index (χ0) is 23.1. The first kappa shape index (κ1) is 22.6. The van der Waals surface area contributed by atoms with Crippen molar-refractivity contribution in [1.82, 2.24) is 9.97 Å². The first-order valence-electron chi connectivity index (χ1n) is 10.2. The van der Waals surface area contributed by atoms with Crippen LogP contribution in [0.3, 0.4) is 0 Å². The van der Waals surface area contributed by atoms with Crippen molar-refractivity contribution in [3.63, 3.8) is 0 Å². The van der Waals surface area contributed by atoms with E-state index in [-0.39, 0.29) is 0 Å². The molecule has 0 spiro atoms. The topological polar surface area (TPSA) is 78.4 Å². The zero-order valence-corrected chi connectivity index (χ0v) is 18.5. The maximum absolute atomic E-state index is 11.8. The van der Waals surface area contributed by atoms with E-state index in [1.807, 2.05) is 50.2 Å². The van der Waals surface area contributed by atoms with Crippen LogP contribution in [0.1, 0.15) is 34.6 Å². The Kier molecular flexibility index (Phi) is 7.29. The van der Waals surface area contributed by atoms with E-state index in [9.17, 15) is 9.59 Å². The van der Waals surface area contributed by atoms with Crippen molar-refractivity contribution in [1.29, 1.82) is 0 Å². The lowest BCUT2D eigenvalue weighted by atomic mass is 10.1. The summed E-state index contributed by atoms with van der Waals surface area (Å²) in [6, 6.07) is 21.8. The zero-order valence-electron chi connectivity index (χ0n) is 18.5. The number of hydrogen-bond acceptors (Lipinski definition) is 6. The van der Waals surface area contributed by atoms with Crippen molar-refractivity contribution in [2.24, 2.45) is 0 Å². The van der Waals surface area contributed by atoms with Crippen LogP contribution in [-0.2, 0) is 9.47 Å². The van der Waals surface area contributed by atoms with Crippen LogP contribution in [0, 0.1) is 0 Å². The molecule has 0 saturated heterocycles. The number of pyridine rings is 2. The molecule has 2 aromatic carbocycles. The Balaban J connectivity index is 0.00000141. The molecule has 2 heterocycles. The molecule has 0 bridgehead atoms. The monoisotopic (exact) mass is 428 g/mol. The number of benzene rings is 2. The predicted octanol–water partition coefficient (Wildman–Crippen LogP) is 5.56. The van der Waals surface area contributed by atoms with Gasteiger partial charge in [0, 0.05) is 16.5 Å². The van der Waals surface area contributed by atoms with Gasteiger partial charge in [-0.25, -0.2) is 19.6 Å². The summed E-state index contributed by atoms with van der Waals surface area (Å²) >= 11 is 0. The summed E-state index contributed by atoms with van der Waals surface area (Å²) in [5, 5.41) is 0.885. The summed E-state index contributed by atoms with van der Waals surface area (Å²) in [5.74, 6) is -0.799. The number of aromatic nitrogens is 2. The molecule has 2 aromatic heterocycles. The van der Waals surface area contributed by atoms with Gasteiger partial charge in [0.05, 0.1) is 36.7 Å². The van der Waals surface area contributed by atoms with E-state index in [1.54, 1.807) is 36.4 Å². The van der Waals surface area contributed by atoms with Gasteiger partial charge in [0.2, 0.25) is 0 Å². The van der Waals surface area contributed by atoms with Crippen LogP contribution in [0.25, 0.3) is 33.5 Å². The number of hydrogen-bond donors (Lipinski definition) is 0. The number of carbonyl (C=O) groups excluding carboxylic acids is 2. The number of methoxy groups -OCH3 is 2. The third-order valence-corrected chi connectivity index (χ3v) is 4.71. The minimum absolute atomic E-state index is 0.400. The summed E-state index contributed by atoms with van der Waals surface area (Å²) in [5.41, 5.74) is 4.45. The Morgan fingerprint density at radius 1 is 0.656 bits per heavy atom. The highest BCUT2D eigenvalue weighted by molar-refractivity contribution is 5.92. The normalized spacial score (nSPS) is 10.1. The Morgan fingerprint density at radius 3 is 1.50 bits per heavy atom. The molecule has 0 amide bonds. The lowest BCUT2D eigenvalue weighted by molar-refractivity contribution is 0.0592. The summed E-state index contributed by atoms with van der Waals surface area (Å²) < 4.78 is 9.58. The first-order valence-corrected chi connectivity index (χ1v) is 10.2. The minimum Gasteiger partial charge on any atom is -0.465 e. The molecule has 4 rings (SSSR count). The Hall–Kier alpha value is -4.06. The fraction of sp³-hybridized carbons (Fsp3) is 0.154. The van der Waals surface area contributed by atoms with E-state index in [2.05, 4.69) is 9.97 Å². The minimum atomic E-state index is -0.400. The van der Waals surface area contributed by atoms with Crippen molar-refractivity contribution >= 4 is 23.0 Å². The highest BCUT2D eigenvalue weighted by atomic mass is 16.5. The van der Waals surface area contributed by atoms with Gasteiger partial charge in [-0.1, -0.05) is 38.1 Å². The van der Waals surface area contributed by atoms with Gasteiger partial charge in [0.25, 0.3) is 0 Å². The molecule has 0 N–H and O–H groups in total.